The molecule has 2 heterocycles. The number of benzene rings is 2. The van der Waals surface area contributed by atoms with E-state index in [9.17, 15) is 9.18 Å². The summed E-state index contributed by atoms with van der Waals surface area (Å²) in [5.41, 5.74) is 4.24. The van der Waals surface area contributed by atoms with E-state index in [1.54, 1.807) is 16.8 Å². The smallest absolute Gasteiger partial charge is 0.226 e. The van der Waals surface area contributed by atoms with Crippen LogP contribution in [-0.2, 0) is 4.79 Å². The second-order valence-corrected chi connectivity index (χ2v) is 9.56. The molecule has 1 aliphatic carbocycles. The summed E-state index contributed by atoms with van der Waals surface area (Å²) in [5.74, 6) is 0.955. The molecule has 1 aromatic heterocycles. The predicted molar refractivity (Wildman–Crippen MR) is 123 cm³/mol. The summed E-state index contributed by atoms with van der Waals surface area (Å²) in [5, 5.41) is 8.17. The Hall–Kier alpha value is -3.48. The monoisotopic (exact) mass is 431 g/mol. The molecule has 1 N–H and O–H groups in total. The Labute approximate surface area is 186 Å². The number of nitrogens with zero attached hydrogens (tertiary/aromatic N) is 4. The number of nitrogens with one attached hydrogen (secondary N) is 1. The minimum Gasteiger partial charge on any atom is -0.378 e. The van der Waals surface area contributed by atoms with Crippen molar-refractivity contribution < 1.29 is 9.18 Å². The van der Waals surface area contributed by atoms with Crippen LogP contribution in [0, 0.1) is 11.2 Å². The van der Waals surface area contributed by atoms with E-state index in [1.165, 1.54) is 12.1 Å². The van der Waals surface area contributed by atoms with Crippen LogP contribution in [0.3, 0.4) is 0 Å². The first-order valence-corrected chi connectivity index (χ1v) is 10.7. The number of allylic oxidation sites excluding steroid dienone is 2. The van der Waals surface area contributed by atoms with Crippen LogP contribution in [0.1, 0.15) is 38.3 Å². The molecule has 6 nitrogen and oxygen atoms in total. The molecule has 7 heteroatoms. The van der Waals surface area contributed by atoms with Gasteiger partial charge >= 0.3 is 0 Å². The lowest BCUT2D eigenvalue weighted by Gasteiger charge is -2.38. The molecular weight excluding hydrogens is 405 g/mol. The van der Waals surface area contributed by atoms with E-state index >= 15 is 0 Å². The SMILES string of the molecule is CN(C)c1ccc(-c2nc3n(n2)C(c2ccc(F)cc2)C2=C(CC(C)(C)CC2=O)N3)cc1. The molecule has 1 unspecified atom stereocenters. The molecule has 164 valence electrons. The van der Waals surface area contributed by atoms with Crippen molar-refractivity contribution in [3.8, 4) is 11.4 Å². The lowest BCUT2D eigenvalue weighted by atomic mass is 9.73. The highest BCUT2D eigenvalue weighted by molar-refractivity contribution is 6.00. The number of halogens is 1. The molecule has 0 saturated carbocycles. The van der Waals surface area contributed by atoms with Crippen molar-refractivity contribution in [3.05, 3.63) is 71.2 Å². The van der Waals surface area contributed by atoms with E-state index < -0.39 is 6.04 Å². The molecular formula is C25H26FN5O. The van der Waals surface area contributed by atoms with Crippen LogP contribution in [0.25, 0.3) is 11.4 Å². The first-order chi connectivity index (χ1) is 15.2. The van der Waals surface area contributed by atoms with Gasteiger partial charge in [-0.05, 0) is 53.8 Å². The minimum absolute atomic E-state index is 0.0936. The third-order valence-corrected chi connectivity index (χ3v) is 6.16. The standard InChI is InChI=1S/C25H26FN5O/c1-25(2)13-19-21(20(32)14-25)22(15-5-9-17(26)10-6-15)31-24(27-19)28-23(29-31)16-7-11-18(12-8-16)30(3)4/h5-12,22H,13-14H2,1-4H3,(H,27,28,29). The lowest BCUT2D eigenvalue weighted by molar-refractivity contribution is -0.118. The van der Waals surface area contributed by atoms with Crippen LogP contribution < -0.4 is 10.2 Å². The van der Waals surface area contributed by atoms with Crippen LogP contribution in [0.15, 0.2) is 59.8 Å². The molecule has 1 aliphatic heterocycles. The Balaban J connectivity index is 1.63. The average Bonchev–Trinajstić information content (AvgIpc) is 3.16. The number of Topliss-reactive ketones (excluding diaryl/α,β-unsaturated/α-hetero) is 1. The van der Waals surface area contributed by atoms with Crippen molar-refractivity contribution in [3.63, 3.8) is 0 Å². The number of hydrogen-bond donors (Lipinski definition) is 1. The number of fused-ring (bicyclic) bond motifs is 1. The third-order valence-electron chi connectivity index (χ3n) is 6.16. The summed E-state index contributed by atoms with van der Waals surface area (Å²) in [4.78, 5) is 20.0. The molecule has 32 heavy (non-hydrogen) atoms. The Morgan fingerprint density at radius 2 is 1.75 bits per heavy atom. The minimum atomic E-state index is -0.437. The largest absolute Gasteiger partial charge is 0.378 e. The molecule has 0 saturated heterocycles. The highest BCUT2D eigenvalue weighted by Crippen LogP contribution is 2.45. The van der Waals surface area contributed by atoms with Gasteiger partial charge < -0.3 is 10.2 Å². The quantitative estimate of drug-likeness (QED) is 0.645. The van der Waals surface area contributed by atoms with Gasteiger partial charge in [-0.3, -0.25) is 4.79 Å². The Bertz CT molecular complexity index is 1220. The third kappa shape index (κ3) is 3.47. The fourth-order valence-electron chi connectivity index (χ4n) is 4.59. The highest BCUT2D eigenvalue weighted by Gasteiger charge is 2.41. The topological polar surface area (TPSA) is 63.1 Å². The van der Waals surface area contributed by atoms with Gasteiger partial charge in [-0.25, -0.2) is 9.07 Å². The van der Waals surface area contributed by atoms with E-state index in [1.807, 2.05) is 43.3 Å². The second kappa shape index (κ2) is 7.29. The van der Waals surface area contributed by atoms with Crippen LogP contribution in [0.4, 0.5) is 16.0 Å². The molecule has 0 spiro atoms. The Morgan fingerprint density at radius 3 is 2.41 bits per heavy atom. The van der Waals surface area contributed by atoms with E-state index in [0.29, 0.717) is 23.8 Å². The molecule has 0 bridgehead atoms. The summed E-state index contributed by atoms with van der Waals surface area (Å²) >= 11 is 0. The lowest BCUT2D eigenvalue weighted by Crippen LogP contribution is -2.36. The van der Waals surface area contributed by atoms with Crippen molar-refractivity contribution in [1.82, 2.24) is 14.8 Å². The Kier molecular flexibility index (Phi) is 4.65. The summed E-state index contributed by atoms with van der Waals surface area (Å²) in [6.07, 6.45) is 1.21. The number of hydrogen-bond acceptors (Lipinski definition) is 5. The number of rotatable bonds is 3. The Morgan fingerprint density at radius 1 is 1.06 bits per heavy atom. The van der Waals surface area contributed by atoms with Gasteiger partial charge in [-0.1, -0.05) is 26.0 Å². The van der Waals surface area contributed by atoms with Gasteiger partial charge in [0.2, 0.25) is 5.95 Å². The van der Waals surface area contributed by atoms with Crippen molar-refractivity contribution in [1.29, 1.82) is 0 Å². The van der Waals surface area contributed by atoms with Gasteiger partial charge in [0.25, 0.3) is 0 Å². The van der Waals surface area contributed by atoms with Crippen LogP contribution in [0.2, 0.25) is 0 Å². The van der Waals surface area contributed by atoms with Crippen LogP contribution in [-0.4, -0.2) is 34.6 Å². The summed E-state index contributed by atoms with van der Waals surface area (Å²) in [6, 6.07) is 13.9. The molecule has 5 rings (SSSR count). The first-order valence-electron chi connectivity index (χ1n) is 10.7. The molecule has 0 radical (unpaired) electrons. The number of ketones is 1. The van der Waals surface area contributed by atoms with Crippen molar-refractivity contribution in [2.24, 2.45) is 5.41 Å². The number of carbonyl (C=O) groups excluding carboxylic acids is 1. The van der Waals surface area contributed by atoms with Crippen molar-refractivity contribution >= 4 is 17.4 Å². The van der Waals surface area contributed by atoms with Gasteiger partial charge in [-0.15, -0.1) is 5.10 Å². The van der Waals surface area contributed by atoms with Crippen molar-refractivity contribution in [2.75, 3.05) is 24.3 Å². The summed E-state index contributed by atoms with van der Waals surface area (Å²) < 4.78 is 15.4. The van der Waals surface area contributed by atoms with Gasteiger partial charge in [0.15, 0.2) is 11.6 Å². The molecule has 1 atom stereocenters. The van der Waals surface area contributed by atoms with Gasteiger partial charge in [0.05, 0.1) is 0 Å². The van der Waals surface area contributed by atoms with E-state index in [4.69, 9.17) is 10.1 Å². The highest BCUT2D eigenvalue weighted by atomic mass is 19.1. The molecule has 3 aromatic rings. The maximum Gasteiger partial charge on any atom is 0.226 e. The fraction of sp³-hybridized carbons (Fsp3) is 0.320. The zero-order chi connectivity index (χ0) is 22.6. The van der Waals surface area contributed by atoms with E-state index in [-0.39, 0.29) is 17.0 Å². The first kappa shape index (κ1) is 20.4. The summed E-state index contributed by atoms with van der Waals surface area (Å²) in [6.45, 7) is 4.20. The van der Waals surface area contributed by atoms with E-state index in [2.05, 4.69) is 19.2 Å². The molecule has 0 amide bonds. The number of carbonyl (C=O) groups is 1. The normalized spacial score (nSPS) is 19.3. The summed E-state index contributed by atoms with van der Waals surface area (Å²) in [7, 11) is 3.99. The van der Waals surface area contributed by atoms with Gasteiger partial charge in [0, 0.05) is 43.0 Å². The molecule has 2 aliphatic rings. The molecule has 0 fully saturated rings. The maximum absolute atomic E-state index is 13.6. The zero-order valence-corrected chi connectivity index (χ0v) is 18.7. The average molecular weight is 432 g/mol. The maximum atomic E-state index is 13.6. The number of anilines is 2. The number of aromatic nitrogens is 3. The van der Waals surface area contributed by atoms with Crippen LogP contribution in [0.5, 0.6) is 0 Å². The van der Waals surface area contributed by atoms with Crippen LogP contribution >= 0.6 is 0 Å². The van der Waals surface area contributed by atoms with Gasteiger partial charge in [-0.2, -0.15) is 4.98 Å². The molecule has 2 aromatic carbocycles. The van der Waals surface area contributed by atoms with E-state index in [0.717, 1.165) is 28.9 Å². The van der Waals surface area contributed by atoms with Crippen molar-refractivity contribution in [2.45, 2.75) is 32.7 Å². The second-order valence-electron chi connectivity index (χ2n) is 9.56. The zero-order valence-electron chi connectivity index (χ0n) is 18.7. The fourth-order valence-corrected chi connectivity index (χ4v) is 4.59. The van der Waals surface area contributed by atoms with Gasteiger partial charge in [0.1, 0.15) is 11.9 Å². The predicted octanol–water partition coefficient (Wildman–Crippen LogP) is 4.81.